The minimum atomic E-state index is -5.08. The van der Waals surface area contributed by atoms with Crippen molar-refractivity contribution in [2.45, 2.75) is 41.9 Å². The molecule has 0 aromatic carbocycles. The molecule has 0 bridgehead atoms. The number of anilines is 3. The molecule has 0 spiro atoms. The number of nitrogen functional groups attached to an aromatic ring is 2. The minimum Gasteiger partial charge on any atom is -0.475 e. The number of halogens is 7. The van der Waals surface area contributed by atoms with Gasteiger partial charge in [-0.05, 0) is 24.2 Å². The number of aliphatic carboxylic acids is 2. The fourth-order valence-electron chi connectivity index (χ4n) is 3.42. The van der Waals surface area contributed by atoms with Crippen molar-refractivity contribution in [1.29, 1.82) is 0 Å². The fraction of sp³-hybridized carbons (Fsp3) is 0.318. The highest BCUT2D eigenvalue weighted by Crippen LogP contribution is 2.38. The number of hydrogen-bond acceptors (Lipinski definition) is 12. The van der Waals surface area contributed by atoms with Gasteiger partial charge in [0.1, 0.15) is 17.0 Å². The normalized spacial score (nSPS) is 13.5. The number of H-pyrrole nitrogens is 1. The zero-order chi connectivity index (χ0) is 33.1. The Bertz CT molecular complexity index is 1680. The van der Waals surface area contributed by atoms with Crippen LogP contribution in [0.1, 0.15) is 12.6 Å². The number of carboxylic acid groups (broad SMARTS) is 2. The first kappa shape index (κ1) is 34.1. The van der Waals surface area contributed by atoms with Crippen LogP contribution in [-0.4, -0.2) is 88.7 Å². The van der Waals surface area contributed by atoms with Crippen LogP contribution in [0.3, 0.4) is 0 Å². The van der Waals surface area contributed by atoms with Gasteiger partial charge >= 0.3 is 24.3 Å². The highest BCUT2D eigenvalue weighted by atomic mass is 35.5. The fourth-order valence-corrected chi connectivity index (χ4v) is 4.53. The SMILES string of the molecule is CCc1[nH]c2nc(Sc3cnc4c(N)nc(N)nc4c3)nc(N3CC(O)C3)c2c1Cl.O=C(O)C(F)(F)F.O=C(O)C(F)(F)F. The molecule has 1 saturated heterocycles. The third-order valence-corrected chi connectivity index (χ3v) is 6.63. The number of aliphatic hydroxyl groups excluding tert-OH is 1. The van der Waals surface area contributed by atoms with Crippen LogP contribution in [0.25, 0.3) is 22.1 Å². The monoisotopic (exact) mass is 671 g/mol. The molecule has 4 aromatic rings. The number of carboxylic acids is 2. The van der Waals surface area contributed by atoms with Crippen LogP contribution in [0, 0.1) is 0 Å². The molecular formula is C22H20ClF6N9O5S. The summed E-state index contributed by atoms with van der Waals surface area (Å²) in [7, 11) is 0. The van der Waals surface area contributed by atoms with Gasteiger partial charge in [-0.3, -0.25) is 0 Å². The lowest BCUT2D eigenvalue weighted by Gasteiger charge is -2.37. The second-order valence-electron chi connectivity index (χ2n) is 8.60. The molecule has 14 nitrogen and oxygen atoms in total. The van der Waals surface area contributed by atoms with Gasteiger partial charge in [-0.25, -0.2) is 29.5 Å². The summed E-state index contributed by atoms with van der Waals surface area (Å²) < 4.78 is 63.5. The Labute approximate surface area is 250 Å². The molecule has 0 amide bonds. The summed E-state index contributed by atoms with van der Waals surface area (Å²) in [6, 6.07) is 1.82. The van der Waals surface area contributed by atoms with E-state index in [1.165, 1.54) is 11.8 Å². The predicted octanol–water partition coefficient (Wildman–Crippen LogP) is 3.28. The van der Waals surface area contributed by atoms with E-state index < -0.39 is 24.3 Å². The number of β-amino-alcohol motifs (C(OH)–C–C–N with tert-alkyl or cyclic N) is 1. The zero-order valence-electron chi connectivity index (χ0n) is 21.9. The van der Waals surface area contributed by atoms with Crippen molar-refractivity contribution in [2.24, 2.45) is 0 Å². The summed E-state index contributed by atoms with van der Waals surface area (Å²) in [6.07, 6.45) is -8.12. The van der Waals surface area contributed by atoms with E-state index in [1.54, 1.807) is 6.20 Å². The maximum absolute atomic E-state index is 10.6. The molecule has 4 aromatic heterocycles. The molecule has 1 fully saturated rings. The molecular weight excluding hydrogens is 652 g/mol. The Morgan fingerprint density at radius 2 is 1.64 bits per heavy atom. The third-order valence-electron chi connectivity index (χ3n) is 5.39. The van der Waals surface area contributed by atoms with Crippen molar-refractivity contribution in [3.63, 3.8) is 0 Å². The van der Waals surface area contributed by atoms with Crippen LogP contribution in [0.5, 0.6) is 0 Å². The number of hydrogen-bond donors (Lipinski definition) is 6. The number of fused-ring (bicyclic) bond motifs is 2. The average molecular weight is 672 g/mol. The number of alkyl halides is 6. The van der Waals surface area contributed by atoms with Gasteiger partial charge in [0, 0.05) is 29.9 Å². The third kappa shape index (κ3) is 8.17. The van der Waals surface area contributed by atoms with E-state index in [0.717, 1.165) is 22.4 Å². The summed E-state index contributed by atoms with van der Waals surface area (Å²) in [5.74, 6) is -4.48. The lowest BCUT2D eigenvalue weighted by Crippen LogP contribution is -2.51. The first-order chi connectivity index (χ1) is 20.3. The molecule has 0 unspecified atom stereocenters. The van der Waals surface area contributed by atoms with Crippen molar-refractivity contribution in [3.05, 3.63) is 23.0 Å². The van der Waals surface area contributed by atoms with Gasteiger partial charge < -0.3 is 36.7 Å². The molecule has 0 aliphatic carbocycles. The topological polar surface area (TPSA) is 230 Å². The molecule has 8 N–H and O–H groups in total. The van der Waals surface area contributed by atoms with Crippen LogP contribution in [0.4, 0.5) is 43.9 Å². The molecule has 238 valence electrons. The van der Waals surface area contributed by atoms with Crippen LogP contribution >= 0.6 is 23.4 Å². The molecule has 1 aliphatic heterocycles. The van der Waals surface area contributed by atoms with Crippen LogP contribution in [0.2, 0.25) is 5.02 Å². The molecule has 22 heteroatoms. The Kier molecular flexibility index (Phi) is 10.2. The van der Waals surface area contributed by atoms with Crippen molar-refractivity contribution in [3.8, 4) is 0 Å². The van der Waals surface area contributed by atoms with E-state index in [0.29, 0.717) is 45.8 Å². The molecule has 5 rings (SSSR count). The first-order valence-corrected chi connectivity index (χ1v) is 13.0. The van der Waals surface area contributed by atoms with E-state index in [1.807, 2.05) is 17.9 Å². The number of pyridine rings is 1. The Morgan fingerprint density at radius 1 is 1.07 bits per heavy atom. The van der Waals surface area contributed by atoms with Crippen molar-refractivity contribution in [1.82, 2.24) is 29.9 Å². The molecule has 5 heterocycles. The quantitative estimate of drug-likeness (QED) is 0.135. The van der Waals surface area contributed by atoms with Crippen molar-refractivity contribution in [2.75, 3.05) is 29.5 Å². The Morgan fingerprint density at radius 3 is 2.14 bits per heavy atom. The summed E-state index contributed by atoms with van der Waals surface area (Å²) in [5.41, 5.74) is 14.2. The highest BCUT2D eigenvalue weighted by molar-refractivity contribution is 7.99. The van der Waals surface area contributed by atoms with Gasteiger partial charge in [-0.2, -0.15) is 31.3 Å². The van der Waals surface area contributed by atoms with E-state index in [9.17, 15) is 31.4 Å². The smallest absolute Gasteiger partial charge is 0.475 e. The standard InChI is InChI=1S/C18H18ClN9OS.2C2HF3O2/c1-2-9-12(19)11-15(23-9)26-18(27-16(11)28-5-7(29)6-28)30-8-3-10-13(22-4-8)14(20)25-17(21)24-10;2*3-2(4,5)1(6)7/h3-4,7,29H,2,5-6H2,1H3,(H,23,26,27)(H4,20,21,24,25);2*(H,6,7). The Hall–Kier alpha value is -4.37. The Balaban J connectivity index is 0.000000317. The van der Waals surface area contributed by atoms with Gasteiger partial charge in [0.25, 0.3) is 0 Å². The summed E-state index contributed by atoms with van der Waals surface area (Å²) >= 11 is 7.92. The average Bonchev–Trinajstić information content (AvgIpc) is 3.21. The lowest BCUT2D eigenvalue weighted by molar-refractivity contribution is -0.193. The van der Waals surface area contributed by atoms with E-state index in [-0.39, 0.29) is 17.9 Å². The van der Waals surface area contributed by atoms with Gasteiger partial charge in [-0.1, -0.05) is 18.5 Å². The maximum atomic E-state index is 10.6. The van der Waals surface area contributed by atoms with Gasteiger partial charge in [0.2, 0.25) is 5.95 Å². The van der Waals surface area contributed by atoms with Crippen LogP contribution < -0.4 is 16.4 Å². The number of aryl methyl sites for hydroxylation is 1. The number of nitrogens with zero attached hydrogens (tertiary/aromatic N) is 6. The van der Waals surface area contributed by atoms with Crippen LogP contribution in [0.15, 0.2) is 22.3 Å². The molecule has 1 aliphatic rings. The van der Waals surface area contributed by atoms with Crippen molar-refractivity contribution >= 4 is 75.0 Å². The van der Waals surface area contributed by atoms with Crippen molar-refractivity contribution < 1.29 is 51.3 Å². The summed E-state index contributed by atoms with van der Waals surface area (Å²) in [4.78, 5) is 45.7. The number of rotatable bonds is 4. The van der Waals surface area contributed by atoms with Gasteiger partial charge in [0.15, 0.2) is 11.0 Å². The van der Waals surface area contributed by atoms with E-state index in [4.69, 9.17) is 47.9 Å². The number of carbonyl (C=O) groups is 2. The highest BCUT2D eigenvalue weighted by Gasteiger charge is 2.39. The number of aromatic nitrogens is 6. The van der Waals surface area contributed by atoms with Gasteiger partial charge in [0.05, 0.1) is 22.0 Å². The van der Waals surface area contributed by atoms with E-state index in [2.05, 4.69) is 24.9 Å². The summed E-state index contributed by atoms with van der Waals surface area (Å²) in [5, 5.41) is 25.9. The predicted molar refractivity (Wildman–Crippen MR) is 144 cm³/mol. The van der Waals surface area contributed by atoms with E-state index >= 15 is 0 Å². The minimum absolute atomic E-state index is 0.0911. The maximum Gasteiger partial charge on any atom is 0.490 e. The number of nitrogens with one attached hydrogen (secondary N) is 1. The number of nitrogens with two attached hydrogens (primary N) is 2. The van der Waals surface area contributed by atoms with Gasteiger partial charge in [-0.15, -0.1) is 0 Å². The zero-order valence-corrected chi connectivity index (χ0v) is 23.5. The largest absolute Gasteiger partial charge is 0.490 e. The first-order valence-electron chi connectivity index (χ1n) is 11.8. The molecule has 0 saturated carbocycles. The molecule has 0 radical (unpaired) electrons. The molecule has 0 atom stereocenters. The second-order valence-corrected chi connectivity index (χ2v) is 10.0. The number of aliphatic hydroxyl groups is 1. The molecule has 44 heavy (non-hydrogen) atoms. The lowest BCUT2D eigenvalue weighted by atomic mass is 10.1. The second kappa shape index (κ2) is 13.1. The summed E-state index contributed by atoms with van der Waals surface area (Å²) in [6.45, 7) is 3.03. The van der Waals surface area contributed by atoms with Crippen LogP contribution in [-0.2, 0) is 16.0 Å². The number of aromatic amines is 1.